The van der Waals surface area contributed by atoms with Crippen molar-refractivity contribution in [2.24, 2.45) is 7.05 Å². The van der Waals surface area contributed by atoms with Crippen molar-refractivity contribution < 1.29 is 0 Å². The van der Waals surface area contributed by atoms with Crippen LogP contribution in [0.15, 0.2) is 12.4 Å². The van der Waals surface area contributed by atoms with Gasteiger partial charge in [0.25, 0.3) is 0 Å². The molecular weight excluding hydrogens is 266 g/mol. The molecule has 0 unspecified atom stereocenters. The molecule has 0 spiro atoms. The van der Waals surface area contributed by atoms with Crippen LogP contribution in [0.5, 0.6) is 0 Å². The van der Waals surface area contributed by atoms with Crippen molar-refractivity contribution in [2.45, 2.75) is 26.2 Å². The molecule has 0 amide bonds. The third kappa shape index (κ3) is 2.92. The second kappa shape index (κ2) is 4.75. The van der Waals surface area contributed by atoms with Crippen LogP contribution in [0.4, 0.5) is 0 Å². The lowest BCUT2D eigenvalue weighted by molar-refractivity contribution is 0.604. The van der Waals surface area contributed by atoms with Crippen LogP contribution in [0.1, 0.15) is 37.0 Å². The van der Waals surface area contributed by atoms with Crippen molar-refractivity contribution >= 4 is 22.9 Å². The summed E-state index contributed by atoms with van der Waals surface area (Å²) in [5.74, 6) is 6.45. The van der Waals surface area contributed by atoms with Gasteiger partial charge in [-0.25, -0.2) is 4.98 Å². The van der Waals surface area contributed by atoms with E-state index in [1.165, 1.54) is 4.88 Å². The minimum Gasteiger partial charge on any atom is -0.255 e. The number of thiophene rings is 1. The van der Waals surface area contributed by atoms with Gasteiger partial charge in [-0.05, 0) is 17.4 Å². The van der Waals surface area contributed by atoms with Gasteiger partial charge in [0.1, 0.15) is 10.7 Å². The van der Waals surface area contributed by atoms with E-state index in [2.05, 4.69) is 42.7 Å². The summed E-state index contributed by atoms with van der Waals surface area (Å²) in [5, 5.41) is 4.10. The normalized spacial score (nSPS) is 11.2. The molecule has 2 aromatic rings. The predicted octanol–water partition coefficient (Wildman–Crippen LogP) is 3.23. The van der Waals surface area contributed by atoms with Gasteiger partial charge in [-0.3, -0.25) is 4.68 Å². The highest BCUT2D eigenvalue weighted by molar-refractivity contribution is 7.16. The van der Waals surface area contributed by atoms with E-state index < -0.39 is 0 Å². The maximum atomic E-state index is 6.19. The molecule has 18 heavy (non-hydrogen) atoms. The molecule has 0 saturated carbocycles. The van der Waals surface area contributed by atoms with Crippen LogP contribution in [-0.2, 0) is 12.5 Å². The number of nitrogens with zero attached hydrogens (tertiary/aromatic N) is 3. The Morgan fingerprint density at radius 2 is 2.06 bits per heavy atom. The molecule has 2 rings (SSSR count). The number of aryl methyl sites for hydroxylation is 1. The second-order valence-electron chi connectivity index (χ2n) is 5.04. The van der Waals surface area contributed by atoms with E-state index in [1.54, 1.807) is 22.3 Å². The van der Waals surface area contributed by atoms with Crippen molar-refractivity contribution in [1.29, 1.82) is 0 Å². The van der Waals surface area contributed by atoms with Gasteiger partial charge in [0.05, 0.1) is 5.56 Å². The van der Waals surface area contributed by atoms with Gasteiger partial charge in [0.2, 0.25) is 5.82 Å². The highest BCUT2D eigenvalue weighted by Crippen LogP contribution is 2.35. The fraction of sp³-hybridized carbons (Fsp3) is 0.385. The highest BCUT2D eigenvalue weighted by Gasteiger charge is 2.18. The number of hydrogen-bond donors (Lipinski definition) is 0. The first-order valence-electron chi connectivity index (χ1n) is 5.54. The van der Waals surface area contributed by atoms with Crippen molar-refractivity contribution in [2.75, 3.05) is 0 Å². The highest BCUT2D eigenvalue weighted by atomic mass is 35.5. The number of hydrogen-bond acceptors (Lipinski definition) is 3. The number of aromatic nitrogens is 3. The summed E-state index contributed by atoms with van der Waals surface area (Å²) in [6.07, 6.45) is 1.62. The fourth-order valence-corrected chi connectivity index (χ4v) is 2.59. The van der Waals surface area contributed by atoms with Gasteiger partial charge in [-0.1, -0.05) is 38.3 Å². The van der Waals surface area contributed by atoms with E-state index >= 15 is 0 Å². The van der Waals surface area contributed by atoms with Crippen LogP contribution < -0.4 is 0 Å². The molecule has 5 heteroatoms. The van der Waals surface area contributed by atoms with Crippen LogP contribution in [-0.4, -0.2) is 14.8 Å². The van der Waals surface area contributed by atoms with Gasteiger partial charge < -0.3 is 0 Å². The largest absolute Gasteiger partial charge is 0.255 e. The van der Waals surface area contributed by atoms with Gasteiger partial charge in [-0.15, -0.1) is 16.4 Å². The summed E-state index contributed by atoms with van der Waals surface area (Å²) in [4.78, 5) is 5.28. The lowest BCUT2D eigenvalue weighted by Gasteiger charge is -2.14. The van der Waals surface area contributed by atoms with Crippen molar-refractivity contribution in [3.63, 3.8) is 0 Å². The Hall–Kier alpha value is -1.31. The Balaban J connectivity index is 2.31. The van der Waals surface area contributed by atoms with Gasteiger partial charge >= 0.3 is 0 Å². The monoisotopic (exact) mass is 279 g/mol. The first-order valence-corrected chi connectivity index (χ1v) is 6.73. The smallest absolute Gasteiger partial charge is 0.225 e. The van der Waals surface area contributed by atoms with Crippen molar-refractivity contribution in [3.8, 4) is 11.8 Å². The van der Waals surface area contributed by atoms with E-state index in [1.807, 2.05) is 13.1 Å². The lowest BCUT2D eigenvalue weighted by Crippen LogP contribution is -2.07. The predicted molar refractivity (Wildman–Crippen MR) is 75.0 cm³/mol. The molecular formula is C13H14ClN3S. The molecule has 0 aromatic carbocycles. The summed E-state index contributed by atoms with van der Waals surface area (Å²) in [5.41, 5.74) is 0.941. The molecule has 3 nitrogen and oxygen atoms in total. The second-order valence-corrected chi connectivity index (χ2v) is 6.69. The topological polar surface area (TPSA) is 30.7 Å². The number of rotatable bonds is 0. The molecule has 0 atom stereocenters. The molecule has 0 N–H and O–H groups in total. The third-order valence-corrected chi connectivity index (χ3v) is 4.12. The Kier molecular flexibility index (Phi) is 3.47. The average Bonchev–Trinajstić information content (AvgIpc) is 2.81. The summed E-state index contributed by atoms with van der Waals surface area (Å²) < 4.78 is 2.35. The van der Waals surface area contributed by atoms with Gasteiger partial charge in [0.15, 0.2) is 0 Å². The maximum Gasteiger partial charge on any atom is 0.225 e. The third-order valence-electron chi connectivity index (χ3n) is 2.33. The summed E-state index contributed by atoms with van der Waals surface area (Å²) in [6.45, 7) is 6.48. The van der Waals surface area contributed by atoms with E-state index in [4.69, 9.17) is 11.6 Å². The SMILES string of the molecule is Cn1cnc(C#Cc2cc(C(C)(C)C)sc2Cl)n1. The van der Waals surface area contributed by atoms with Crippen molar-refractivity contribution in [3.05, 3.63) is 33.0 Å². The van der Waals surface area contributed by atoms with Crippen LogP contribution in [0.3, 0.4) is 0 Å². The first-order chi connectivity index (χ1) is 8.36. The summed E-state index contributed by atoms with van der Waals surface area (Å²) >= 11 is 7.77. The van der Waals surface area contributed by atoms with Crippen LogP contribution in [0.2, 0.25) is 4.34 Å². The summed E-state index contributed by atoms with van der Waals surface area (Å²) in [6, 6.07) is 2.04. The maximum absolute atomic E-state index is 6.19. The lowest BCUT2D eigenvalue weighted by atomic mass is 9.94. The molecule has 0 aliphatic heterocycles. The van der Waals surface area contributed by atoms with Crippen LogP contribution in [0, 0.1) is 11.8 Å². The molecule has 94 valence electrons. The quantitative estimate of drug-likeness (QED) is 0.693. The molecule has 0 saturated heterocycles. The van der Waals surface area contributed by atoms with E-state index in [-0.39, 0.29) is 5.41 Å². The van der Waals surface area contributed by atoms with Gasteiger partial charge in [-0.2, -0.15) is 0 Å². The zero-order valence-electron chi connectivity index (χ0n) is 10.8. The summed E-state index contributed by atoms with van der Waals surface area (Å²) in [7, 11) is 1.81. The molecule has 0 radical (unpaired) electrons. The standard InChI is InChI=1S/C13H14ClN3S/c1-13(2,3)10-7-9(12(14)18-10)5-6-11-15-8-17(4)16-11/h7-8H,1-4H3. The fourth-order valence-electron chi connectivity index (χ4n) is 1.34. The Morgan fingerprint density at radius 1 is 1.33 bits per heavy atom. The van der Waals surface area contributed by atoms with Crippen LogP contribution >= 0.6 is 22.9 Å². The minimum atomic E-state index is 0.0947. The molecule has 2 aromatic heterocycles. The number of halogens is 1. The van der Waals surface area contributed by atoms with E-state index in [0.29, 0.717) is 5.82 Å². The molecule has 0 aliphatic rings. The Labute approximate surface area is 116 Å². The molecule has 0 aliphatic carbocycles. The first kappa shape index (κ1) is 13.1. The zero-order chi connectivity index (χ0) is 13.3. The zero-order valence-corrected chi connectivity index (χ0v) is 12.4. The minimum absolute atomic E-state index is 0.0947. The molecule has 2 heterocycles. The average molecular weight is 280 g/mol. The van der Waals surface area contributed by atoms with E-state index in [9.17, 15) is 0 Å². The van der Waals surface area contributed by atoms with E-state index in [0.717, 1.165) is 9.90 Å². The molecule has 0 fully saturated rings. The molecule has 0 bridgehead atoms. The van der Waals surface area contributed by atoms with Gasteiger partial charge in [0, 0.05) is 11.9 Å². The Bertz CT molecular complexity index is 623. The van der Waals surface area contributed by atoms with Crippen LogP contribution in [0.25, 0.3) is 0 Å². The Morgan fingerprint density at radius 3 is 2.56 bits per heavy atom. The van der Waals surface area contributed by atoms with Crippen molar-refractivity contribution in [1.82, 2.24) is 14.8 Å².